The highest BCUT2D eigenvalue weighted by Crippen LogP contribution is 2.26. The summed E-state index contributed by atoms with van der Waals surface area (Å²) in [7, 11) is 2.01. The summed E-state index contributed by atoms with van der Waals surface area (Å²) in [6.07, 6.45) is 2.35. The Hall–Kier alpha value is -0.340. The highest BCUT2D eigenvalue weighted by atomic mass is 79.9. The third-order valence-corrected chi connectivity index (χ3v) is 3.18. The number of hydrogen-bond donors (Lipinski definition) is 1. The maximum atomic E-state index is 3.46. The summed E-state index contributed by atoms with van der Waals surface area (Å²) >= 11 is 3.46. The van der Waals surface area contributed by atoms with Crippen LogP contribution in [0.3, 0.4) is 0 Å². The molecule has 0 unspecified atom stereocenters. The molecule has 0 aliphatic carbocycles. The Balaban J connectivity index is 2.56. The zero-order valence-electron chi connectivity index (χ0n) is 9.81. The first-order chi connectivity index (χ1) is 7.03. The van der Waals surface area contributed by atoms with E-state index in [4.69, 9.17) is 0 Å². The van der Waals surface area contributed by atoms with Gasteiger partial charge in [0.1, 0.15) is 0 Å². The second-order valence-electron chi connectivity index (χ2n) is 4.82. The first kappa shape index (κ1) is 12.7. The quantitative estimate of drug-likeness (QED) is 0.861. The highest BCUT2D eigenvalue weighted by molar-refractivity contribution is 9.10. The van der Waals surface area contributed by atoms with E-state index in [1.807, 2.05) is 7.05 Å². The van der Waals surface area contributed by atoms with Crippen molar-refractivity contribution in [3.8, 4) is 0 Å². The molecule has 0 aliphatic heterocycles. The topological polar surface area (TPSA) is 12.0 Å². The van der Waals surface area contributed by atoms with E-state index in [-0.39, 0.29) is 0 Å². The molecule has 0 heterocycles. The fourth-order valence-corrected chi connectivity index (χ4v) is 1.97. The van der Waals surface area contributed by atoms with Crippen LogP contribution in [0.5, 0.6) is 0 Å². The molecule has 0 radical (unpaired) electrons. The lowest BCUT2D eigenvalue weighted by Gasteiger charge is -2.24. The first-order valence-corrected chi connectivity index (χ1v) is 6.22. The van der Waals surface area contributed by atoms with Gasteiger partial charge in [-0.3, -0.25) is 0 Å². The molecule has 0 atom stereocenters. The van der Waals surface area contributed by atoms with Gasteiger partial charge >= 0.3 is 0 Å². The van der Waals surface area contributed by atoms with E-state index in [0.717, 1.165) is 17.4 Å². The summed E-state index contributed by atoms with van der Waals surface area (Å²) in [6, 6.07) is 8.63. The molecule has 0 aromatic heterocycles. The van der Waals surface area contributed by atoms with E-state index in [9.17, 15) is 0 Å². The molecule has 1 rings (SSSR count). The normalized spacial score (nSPS) is 11.7. The zero-order chi connectivity index (χ0) is 11.3. The Labute approximate surface area is 101 Å². The summed E-state index contributed by atoms with van der Waals surface area (Å²) < 4.78 is 1.15. The molecule has 1 aromatic rings. The molecule has 1 nitrogen and oxygen atoms in total. The van der Waals surface area contributed by atoms with Crippen LogP contribution in [-0.2, 0) is 6.42 Å². The summed E-state index contributed by atoms with van der Waals surface area (Å²) in [6.45, 7) is 5.74. The van der Waals surface area contributed by atoms with Crippen LogP contribution in [0.15, 0.2) is 28.7 Å². The molecule has 0 spiro atoms. The average molecular weight is 270 g/mol. The van der Waals surface area contributed by atoms with E-state index in [2.05, 4.69) is 59.4 Å². The Kier molecular flexibility index (Phi) is 4.81. The van der Waals surface area contributed by atoms with Crippen LogP contribution in [0.1, 0.15) is 25.8 Å². The minimum absolute atomic E-state index is 0.372. The molecule has 0 fully saturated rings. The van der Waals surface area contributed by atoms with E-state index in [0.29, 0.717) is 5.41 Å². The molecule has 0 saturated heterocycles. The van der Waals surface area contributed by atoms with Crippen molar-refractivity contribution in [1.82, 2.24) is 5.32 Å². The van der Waals surface area contributed by atoms with Gasteiger partial charge < -0.3 is 5.32 Å². The smallest absolute Gasteiger partial charge is 0.0175 e. The molecule has 1 N–H and O–H groups in total. The van der Waals surface area contributed by atoms with Gasteiger partial charge in [0.25, 0.3) is 0 Å². The second kappa shape index (κ2) is 5.66. The van der Waals surface area contributed by atoms with E-state index in [1.165, 1.54) is 12.0 Å². The Morgan fingerprint density at radius 2 is 1.80 bits per heavy atom. The molecular weight excluding hydrogens is 250 g/mol. The highest BCUT2D eigenvalue weighted by Gasteiger charge is 2.17. The Bertz CT molecular complexity index is 290. The fraction of sp³-hybridized carbons (Fsp3) is 0.538. The zero-order valence-corrected chi connectivity index (χ0v) is 11.4. The molecule has 0 saturated carbocycles. The van der Waals surface area contributed by atoms with Crippen molar-refractivity contribution in [2.45, 2.75) is 26.7 Å². The summed E-state index contributed by atoms with van der Waals surface area (Å²) in [4.78, 5) is 0. The number of halogens is 1. The van der Waals surface area contributed by atoms with Crippen LogP contribution in [0, 0.1) is 5.41 Å². The van der Waals surface area contributed by atoms with Crippen molar-refractivity contribution in [3.05, 3.63) is 34.3 Å². The fourth-order valence-electron chi connectivity index (χ4n) is 1.71. The minimum Gasteiger partial charge on any atom is -0.320 e. The van der Waals surface area contributed by atoms with E-state index < -0.39 is 0 Å². The summed E-state index contributed by atoms with van der Waals surface area (Å²) in [5.74, 6) is 0. The number of hydrogen-bond acceptors (Lipinski definition) is 1. The first-order valence-electron chi connectivity index (χ1n) is 5.42. The molecule has 0 bridgehead atoms. The monoisotopic (exact) mass is 269 g/mol. The van der Waals surface area contributed by atoms with Crippen LogP contribution >= 0.6 is 15.9 Å². The lowest BCUT2D eigenvalue weighted by atomic mass is 9.83. The SMILES string of the molecule is CNCCC(C)(C)Cc1ccc(Br)cc1. The predicted octanol–water partition coefficient (Wildman–Crippen LogP) is 3.63. The van der Waals surface area contributed by atoms with Crippen molar-refractivity contribution in [2.24, 2.45) is 5.41 Å². The Morgan fingerprint density at radius 1 is 1.20 bits per heavy atom. The number of benzene rings is 1. The molecule has 2 heteroatoms. The summed E-state index contributed by atoms with van der Waals surface area (Å²) in [5.41, 5.74) is 1.79. The number of rotatable bonds is 5. The molecule has 0 amide bonds. The molecule has 15 heavy (non-hydrogen) atoms. The van der Waals surface area contributed by atoms with Gasteiger partial charge in [-0.25, -0.2) is 0 Å². The van der Waals surface area contributed by atoms with Crippen LogP contribution in [-0.4, -0.2) is 13.6 Å². The van der Waals surface area contributed by atoms with Crippen LogP contribution in [0.2, 0.25) is 0 Å². The van der Waals surface area contributed by atoms with Crippen molar-refractivity contribution in [3.63, 3.8) is 0 Å². The lowest BCUT2D eigenvalue weighted by Crippen LogP contribution is -2.21. The average Bonchev–Trinajstić information content (AvgIpc) is 2.18. The molecule has 0 aliphatic rings. The maximum Gasteiger partial charge on any atom is 0.0175 e. The van der Waals surface area contributed by atoms with Gasteiger partial charge in [0.15, 0.2) is 0 Å². The van der Waals surface area contributed by atoms with Gasteiger partial charge in [-0.1, -0.05) is 41.9 Å². The van der Waals surface area contributed by atoms with Gasteiger partial charge in [-0.05, 0) is 49.5 Å². The molecule has 1 aromatic carbocycles. The van der Waals surface area contributed by atoms with Crippen molar-refractivity contribution in [2.75, 3.05) is 13.6 Å². The van der Waals surface area contributed by atoms with Crippen molar-refractivity contribution >= 4 is 15.9 Å². The largest absolute Gasteiger partial charge is 0.320 e. The predicted molar refractivity (Wildman–Crippen MR) is 70.2 cm³/mol. The third kappa shape index (κ3) is 4.80. The summed E-state index contributed by atoms with van der Waals surface area (Å²) in [5, 5.41) is 3.21. The van der Waals surface area contributed by atoms with Crippen molar-refractivity contribution in [1.29, 1.82) is 0 Å². The van der Waals surface area contributed by atoms with Gasteiger partial charge in [-0.15, -0.1) is 0 Å². The van der Waals surface area contributed by atoms with Crippen LogP contribution in [0.25, 0.3) is 0 Å². The third-order valence-electron chi connectivity index (χ3n) is 2.65. The number of nitrogens with one attached hydrogen (secondary N) is 1. The van der Waals surface area contributed by atoms with Gasteiger partial charge in [0.2, 0.25) is 0 Å². The molecular formula is C13H20BrN. The standard InChI is InChI=1S/C13H20BrN/c1-13(2,8-9-15-3)10-11-4-6-12(14)7-5-11/h4-7,15H,8-10H2,1-3H3. The van der Waals surface area contributed by atoms with Gasteiger partial charge in [0.05, 0.1) is 0 Å². The van der Waals surface area contributed by atoms with Crippen LogP contribution < -0.4 is 5.32 Å². The van der Waals surface area contributed by atoms with E-state index in [1.54, 1.807) is 0 Å². The van der Waals surface area contributed by atoms with Crippen LogP contribution in [0.4, 0.5) is 0 Å². The van der Waals surface area contributed by atoms with E-state index >= 15 is 0 Å². The lowest BCUT2D eigenvalue weighted by molar-refractivity contribution is 0.329. The van der Waals surface area contributed by atoms with Gasteiger partial charge in [-0.2, -0.15) is 0 Å². The van der Waals surface area contributed by atoms with Crippen molar-refractivity contribution < 1.29 is 0 Å². The molecule has 84 valence electrons. The van der Waals surface area contributed by atoms with Gasteiger partial charge in [0, 0.05) is 4.47 Å². The second-order valence-corrected chi connectivity index (χ2v) is 5.74. The minimum atomic E-state index is 0.372. The Morgan fingerprint density at radius 3 is 2.33 bits per heavy atom. The maximum absolute atomic E-state index is 3.46.